The van der Waals surface area contributed by atoms with Crippen molar-refractivity contribution < 1.29 is 9.59 Å². The molecule has 1 aliphatic heterocycles. The number of amides is 2. The van der Waals surface area contributed by atoms with Crippen molar-refractivity contribution in [3.05, 3.63) is 47.9 Å². The zero-order valence-corrected chi connectivity index (χ0v) is 10.1. The lowest BCUT2D eigenvalue weighted by Crippen LogP contribution is -2.29. The molecule has 1 aromatic carbocycles. The highest BCUT2D eigenvalue weighted by atomic mass is 32.1. The molecule has 0 N–H and O–H groups in total. The third-order valence-electron chi connectivity index (χ3n) is 2.56. The van der Waals surface area contributed by atoms with Crippen LogP contribution in [0.25, 0.3) is 11.3 Å². The Hall–Kier alpha value is -2.27. The van der Waals surface area contributed by atoms with E-state index in [1.807, 2.05) is 35.7 Å². The van der Waals surface area contributed by atoms with Crippen molar-refractivity contribution in [2.45, 2.75) is 0 Å². The maximum absolute atomic E-state index is 11.5. The van der Waals surface area contributed by atoms with Crippen LogP contribution in [0, 0.1) is 0 Å². The first-order chi connectivity index (χ1) is 8.75. The third kappa shape index (κ3) is 1.74. The summed E-state index contributed by atoms with van der Waals surface area (Å²) in [5.74, 6) is -0.678. The van der Waals surface area contributed by atoms with Crippen molar-refractivity contribution in [2.24, 2.45) is 0 Å². The molecule has 88 valence electrons. The number of hydrogen-bond donors (Lipinski definition) is 0. The van der Waals surface area contributed by atoms with Crippen LogP contribution in [0.15, 0.2) is 47.9 Å². The average molecular weight is 256 g/mol. The van der Waals surface area contributed by atoms with E-state index in [-0.39, 0.29) is 11.8 Å². The molecule has 2 amide bonds. The van der Waals surface area contributed by atoms with Crippen molar-refractivity contribution in [1.29, 1.82) is 0 Å². The number of carbonyl (C=O) groups excluding carboxylic acids is 2. The van der Waals surface area contributed by atoms with Gasteiger partial charge in [-0.2, -0.15) is 0 Å². The van der Waals surface area contributed by atoms with Crippen LogP contribution in [0.3, 0.4) is 0 Å². The molecule has 0 spiro atoms. The van der Waals surface area contributed by atoms with Crippen LogP contribution >= 0.6 is 11.3 Å². The normalized spacial score (nSPS) is 14.6. The molecule has 18 heavy (non-hydrogen) atoms. The average Bonchev–Trinajstić information content (AvgIpc) is 2.98. The molecule has 5 heteroatoms. The Morgan fingerprint density at radius 2 is 1.67 bits per heavy atom. The predicted octanol–water partition coefficient (Wildman–Crippen LogP) is 2.24. The minimum absolute atomic E-state index is 0.339. The van der Waals surface area contributed by atoms with Crippen LogP contribution in [-0.4, -0.2) is 16.8 Å². The molecule has 0 radical (unpaired) electrons. The molecule has 1 aliphatic rings. The SMILES string of the molecule is O=C1C=CC(=O)N1c1nc(-c2ccccc2)cs1. The molecule has 0 saturated heterocycles. The summed E-state index contributed by atoms with van der Waals surface area (Å²) in [5, 5.41) is 2.25. The number of thiazole rings is 1. The third-order valence-corrected chi connectivity index (χ3v) is 3.39. The fraction of sp³-hybridized carbons (Fsp3) is 0. The number of hydrogen-bond acceptors (Lipinski definition) is 4. The maximum Gasteiger partial charge on any atom is 0.260 e. The van der Waals surface area contributed by atoms with E-state index in [9.17, 15) is 9.59 Å². The fourth-order valence-electron chi connectivity index (χ4n) is 1.70. The smallest absolute Gasteiger partial charge is 0.260 e. The van der Waals surface area contributed by atoms with E-state index >= 15 is 0 Å². The Morgan fingerprint density at radius 3 is 2.33 bits per heavy atom. The van der Waals surface area contributed by atoms with Gasteiger partial charge in [0.25, 0.3) is 11.8 Å². The Bertz CT molecular complexity index is 628. The quantitative estimate of drug-likeness (QED) is 0.774. The number of benzene rings is 1. The van der Waals surface area contributed by atoms with Gasteiger partial charge in [0.1, 0.15) is 0 Å². The van der Waals surface area contributed by atoms with Gasteiger partial charge in [-0.1, -0.05) is 30.3 Å². The molecule has 0 unspecified atom stereocenters. The predicted molar refractivity (Wildman–Crippen MR) is 69.2 cm³/mol. The van der Waals surface area contributed by atoms with Gasteiger partial charge in [0.2, 0.25) is 0 Å². The Balaban J connectivity index is 1.96. The minimum Gasteiger partial charge on any atom is -0.269 e. The number of carbonyl (C=O) groups is 2. The first-order valence-electron chi connectivity index (χ1n) is 5.33. The number of nitrogens with zero attached hydrogens (tertiary/aromatic N) is 2. The van der Waals surface area contributed by atoms with Gasteiger partial charge in [-0.25, -0.2) is 9.88 Å². The van der Waals surface area contributed by atoms with E-state index in [0.717, 1.165) is 16.2 Å². The largest absolute Gasteiger partial charge is 0.269 e. The van der Waals surface area contributed by atoms with E-state index in [2.05, 4.69) is 4.98 Å². The number of anilines is 1. The van der Waals surface area contributed by atoms with Gasteiger partial charge in [-0.15, -0.1) is 11.3 Å². The molecule has 0 fully saturated rings. The lowest BCUT2D eigenvalue weighted by atomic mass is 10.2. The monoisotopic (exact) mass is 256 g/mol. The number of rotatable bonds is 2. The summed E-state index contributed by atoms with van der Waals surface area (Å²) in [7, 11) is 0. The van der Waals surface area contributed by atoms with Gasteiger partial charge in [0.15, 0.2) is 5.13 Å². The molecule has 0 atom stereocenters. The molecular weight excluding hydrogens is 248 g/mol. The molecule has 0 aliphatic carbocycles. The van der Waals surface area contributed by atoms with Gasteiger partial charge in [0, 0.05) is 23.1 Å². The summed E-state index contributed by atoms with van der Waals surface area (Å²) in [6, 6.07) is 9.63. The molecule has 3 rings (SSSR count). The number of imide groups is 1. The van der Waals surface area contributed by atoms with Crippen molar-refractivity contribution in [1.82, 2.24) is 4.98 Å². The van der Waals surface area contributed by atoms with Gasteiger partial charge >= 0.3 is 0 Å². The summed E-state index contributed by atoms with van der Waals surface area (Å²) < 4.78 is 0. The lowest BCUT2D eigenvalue weighted by molar-refractivity contribution is -0.119. The van der Waals surface area contributed by atoms with Gasteiger partial charge in [-0.05, 0) is 0 Å². The van der Waals surface area contributed by atoms with Gasteiger partial charge in [-0.3, -0.25) is 9.59 Å². The van der Waals surface area contributed by atoms with E-state index in [0.29, 0.717) is 5.13 Å². The van der Waals surface area contributed by atoms with Crippen LogP contribution in [0.2, 0.25) is 0 Å². The fourth-order valence-corrected chi connectivity index (χ4v) is 2.54. The second-order valence-corrected chi connectivity index (χ2v) is 4.56. The standard InChI is InChI=1S/C13H8N2O2S/c16-11-6-7-12(17)15(11)13-14-10(8-18-13)9-4-2-1-3-5-9/h1-8H. The zero-order chi connectivity index (χ0) is 12.5. The second kappa shape index (κ2) is 4.19. The lowest BCUT2D eigenvalue weighted by Gasteiger charge is -2.08. The molecule has 0 bridgehead atoms. The van der Waals surface area contributed by atoms with E-state index in [4.69, 9.17) is 0 Å². The topological polar surface area (TPSA) is 50.3 Å². The van der Waals surface area contributed by atoms with Crippen molar-refractivity contribution >= 4 is 28.3 Å². The Kier molecular flexibility index (Phi) is 2.53. The molecular formula is C13H8N2O2S. The van der Waals surface area contributed by atoms with E-state index in [1.165, 1.54) is 23.5 Å². The van der Waals surface area contributed by atoms with Crippen LogP contribution in [0.5, 0.6) is 0 Å². The second-order valence-electron chi connectivity index (χ2n) is 3.73. The Labute approximate surface area is 107 Å². The van der Waals surface area contributed by atoms with Crippen LogP contribution in [0.4, 0.5) is 5.13 Å². The highest BCUT2D eigenvalue weighted by Gasteiger charge is 2.27. The molecule has 4 nitrogen and oxygen atoms in total. The summed E-state index contributed by atoms with van der Waals surface area (Å²) in [6.07, 6.45) is 2.51. The summed E-state index contributed by atoms with van der Waals surface area (Å²) in [6.45, 7) is 0. The van der Waals surface area contributed by atoms with E-state index < -0.39 is 0 Å². The van der Waals surface area contributed by atoms with Crippen molar-refractivity contribution in [3.8, 4) is 11.3 Å². The summed E-state index contributed by atoms with van der Waals surface area (Å²) in [4.78, 5) is 28.4. The van der Waals surface area contributed by atoms with Crippen LogP contribution < -0.4 is 4.90 Å². The summed E-state index contributed by atoms with van der Waals surface area (Å²) >= 11 is 1.28. The highest BCUT2D eigenvalue weighted by Crippen LogP contribution is 2.28. The van der Waals surface area contributed by atoms with Crippen LogP contribution in [-0.2, 0) is 9.59 Å². The minimum atomic E-state index is -0.339. The summed E-state index contributed by atoms with van der Waals surface area (Å²) in [5.41, 5.74) is 1.73. The molecule has 0 saturated carbocycles. The molecule has 2 aromatic rings. The first-order valence-corrected chi connectivity index (χ1v) is 6.21. The van der Waals surface area contributed by atoms with E-state index in [1.54, 1.807) is 0 Å². The Morgan fingerprint density at radius 1 is 1.00 bits per heavy atom. The molecule has 2 heterocycles. The van der Waals surface area contributed by atoms with Gasteiger partial charge < -0.3 is 0 Å². The van der Waals surface area contributed by atoms with Crippen molar-refractivity contribution in [2.75, 3.05) is 4.90 Å². The highest BCUT2D eigenvalue weighted by molar-refractivity contribution is 7.14. The van der Waals surface area contributed by atoms with Crippen molar-refractivity contribution in [3.63, 3.8) is 0 Å². The maximum atomic E-state index is 11.5. The van der Waals surface area contributed by atoms with Gasteiger partial charge in [0.05, 0.1) is 5.69 Å². The molecule has 1 aromatic heterocycles. The zero-order valence-electron chi connectivity index (χ0n) is 9.24. The van der Waals surface area contributed by atoms with Crippen LogP contribution in [0.1, 0.15) is 0 Å². The first kappa shape index (κ1) is 10.9. The number of aromatic nitrogens is 1.